The summed E-state index contributed by atoms with van der Waals surface area (Å²) in [5.41, 5.74) is 4.00. The molecule has 0 unspecified atom stereocenters. The number of aromatic amines is 1. The van der Waals surface area contributed by atoms with Gasteiger partial charge in [-0.1, -0.05) is 11.6 Å². The number of likely N-dealkylation sites (tertiary alicyclic amines) is 1. The van der Waals surface area contributed by atoms with Crippen molar-refractivity contribution in [2.75, 3.05) is 13.1 Å². The maximum Gasteiger partial charge on any atom is 0.198 e. The minimum Gasteiger partial charge on any atom is -0.358 e. The standard InChI is InChI=1S/C17H21ClN2O/c1-11-8-13(18)9-14-16(11)19-12(2)15(17(14)21)10-20-6-4-3-5-7-20/h8-9H,3-7,10H2,1-2H3,(H,19,21)/p+1. The van der Waals surface area contributed by atoms with E-state index < -0.39 is 0 Å². The van der Waals surface area contributed by atoms with E-state index in [0.717, 1.165) is 34.3 Å². The SMILES string of the molecule is Cc1[nH]c2c(C)cc(Cl)cc2c(=O)c1C[NH+]1CCCCC1. The molecule has 1 aromatic carbocycles. The molecule has 0 spiro atoms. The van der Waals surface area contributed by atoms with E-state index in [1.54, 1.807) is 6.07 Å². The second-order valence-electron chi connectivity index (χ2n) is 6.19. The molecule has 0 atom stereocenters. The number of benzene rings is 1. The van der Waals surface area contributed by atoms with Gasteiger partial charge in [-0.05, 0) is 50.8 Å². The van der Waals surface area contributed by atoms with E-state index in [1.165, 1.54) is 37.3 Å². The first-order chi connectivity index (χ1) is 10.1. The molecule has 0 radical (unpaired) electrons. The highest BCUT2D eigenvalue weighted by atomic mass is 35.5. The summed E-state index contributed by atoms with van der Waals surface area (Å²) in [7, 11) is 0. The predicted octanol–water partition coefficient (Wildman–Crippen LogP) is 2.37. The number of rotatable bonds is 2. The number of aryl methyl sites for hydroxylation is 2. The van der Waals surface area contributed by atoms with Gasteiger partial charge in [0.2, 0.25) is 0 Å². The van der Waals surface area contributed by atoms with Crippen molar-refractivity contribution in [2.45, 2.75) is 39.7 Å². The van der Waals surface area contributed by atoms with Crippen LogP contribution in [-0.4, -0.2) is 18.1 Å². The van der Waals surface area contributed by atoms with Crippen molar-refractivity contribution >= 4 is 22.5 Å². The minimum absolute atomic E-state index is 0.143. The summed E-state index contributed by atoms with van der Waals surface area (Å²) in [4.78, 5) is 17.8. The van der Waals surface area contributed by atoms with Crippen LogP contribution in [0.3, 0.4) is 0 Å². The molecule has 21 heavy (non-hydrogen) atoms. The normalized spacial score (nSPS) is 16.5. The fourth-order valence-corrected chi connectivity index (χ4v) is 3.65. The smallest absolute Gasteiger partial charge is 0.198 e. The molecule has 1 aromatic heterocycles. The Morgan fingerprint density at radius 1 is 1.19 bits per heavy atom. The van der Waals surface area contributed by atoms with Crippen LogP contribution in [0.4, 0.5) is 0 Å². The van der Waals surface area contributed by atoms with Crippen molar-refractivity contribution in [3.8, 4) is 0 Å². The molecule has 112 valence electrons. The van der Waals surface area contributed by atoms with E-state index >= 15 is 0 Å². The summed E-state index contributed by atoms with van der Waals surface area (Å²) < 4.78 is 0. The average molecular weight is 306 g/mol. The summed E-state index contributed by atoms with van der Waals surface area (Å²) in [6.45, 7) is 7.16. The lowest BCUT2D eigenvalue weighted by atomic mass is 10.0. The van der Waals surface area contributed by atoms with E-state index in [9.17, 15) is 4.79 Å². The number of quaternary nitrogens is 1. The molecular weight excluding hydrogens is 284 g/mol. The summed E-state index contributed by atoms with van der Waals surface area (Å²) >= 11 is 6.12. The van der Waals surface area contributed by atoms with Crippen LogP contribution in [0.15, 0.2) is 16.9 Å². The number of piperidine rings is 1. The van der Waals surface area contributed by atoms with Gasteiger partial charge in [-0.3, -0.25) is 4.79 Å². The van der Waals surface area contributed by atoms with Gasteiger partial charge in [0.25, 0.3) is 0 Å². The highest BCUT2D eigenvalue weighted by Crippen LogP contribution is 2.21. The van der Waals surface area contributed by atoms with Crippen LogP contribution >= 0.6 is 11.6 Å². The van der Waals surface area contributed by atoms with Crippen molar-refractivity contribution in [3.05, 3.63) is 44.2 Å². The quantitative estimate of drug-likeness (QED) is 0.878. The van der Waals surface area contributed by atoms with Gasteiger partial charge in [0, 0.05) is 16.1 Å². The Labute approximate surface area is 129 Å². The zero-order chi connectivity index (χ0) is 15.0. The maximum atomic E-state index is 12.8. The minimum atomic E-state index is 0.143. The third kappa shape index (κ3) is 2.85. The molecule has 0 aliphatic carbocycles. The highest BCUT2D eigenvalue weighted by Gasteiger charge is 2.19. The van der Waals surface area contributed by atoms with Gasteiger partial charge in [0.15, 0.2) is 5.43 Å². The zero-order valence-corrected chi connectivity index (χ0v) is 13.4. The van der Waals surface area contributed by atoms with Crippen LogP contribution in [-0.2, 0) is 6.54 Å². The van der Waals surface area contributed by atoms with Gasteiger partial charge in [-0.15, -0.1) is 0 Å². The Bertz CT molecular complexity index is 730. The molecule has 2 heterocycles. The van der Waals surface area contributed by atoms with Crippen LogP contribution in [0.2, 0.25) is 5.02 Å². The van der Waals surface area contributed by atoms with Crippen LogP contribution in [0.1, 0.15) is 36.1 Å². The van der Waals surface area contributed by atoms with Crippen molar-refractivity contribution in [1.82, 2.24) is 4.98 Å². The van der Waals surface area contributed by atoms with Gasteiger partial charge >= 0.3 is 0 Å². The summed E-state index contributed by atoms with van der Waals surface area (Å²) in [6.07, 6.45) is 3.86. The van der Waals surface area contributed by atoms with E-state index in [1.807, 2.05) is 19.9 Å². The molecule has 1 saturated heterocycles. The molecule has 1 aliphatic rings. The number of halogens is 1. The lowest BCUT2D eigenvalue weighted by Gasteiger charge is -2.24. The average Bonchev–Trinajstić information content (AvgIpc) is 2.46. The number of pyridine rings is 1. The molecular formula is C17H22ClN2O+. The summed E-state index contributed by atoms with van der Waals surface area (Å²) in [5.74, 6) is 0. The van der Waals surface area contributed by atoms with Gasteiger partial charge in [-0.2, -0.15) is 0 Å². The topological polar surface area (TPSA) is 37.3 Å². The van der Waals surface area contributed by atoms with Gasteiger partial charge in [0.05, 0.1) is 24.2 Å². The molecule has 3 rings (SSSR count). The molecule has 4 heteroatoms. The van der Waals surface area contributed by atoms with Gasteiger partial charge < -0.3 is 9.88 Å². The fraction of sp³-hybridized carbons (Fsp3) is 0.471. The lowest BCUT2D eigenvalue weighted by Crippen LogP contribution is -3.11. The Balaban J connectivity index is 2.08. The number of H-pyrrole nitrogens is 1. The Hall–Kier alpha value is -1.32. The van der Waals surface area contributed by atoms with Crippen LogP contribution in [0.25, 0.3) is 10.9 Å². The number of nitrogens with one attached hydrogen (secondary N) is 2. The van der Waals surface area contributed by atoms with E-state index in [4.69, 9.17) is 11.6 Å². The molecule has 1 aliphatic heterocycles. The van der Waals surface area contributed by atoms with Crippen molar-refractivity contribution in [1.29, 1.82) is 0 Å². The molecule has 0 saturated carbocycles. The second-order valence-corrected chi connectivity index (χ2v) is 6.63. The number of hydrogen-bond donors (Lipinski definition) is 2. The maximum absolute atomic E-state index is 12.8. The Kier molecular flexibility index (Phi) is 4.05. The summed E-state index contributed by atoms with van der Waals surface area (Å²) in [5, 5.41) is 1.35. The largest absolute Gasteiger partial charge is 0.358 e. The first-order valence-corrected chi connectivity index (χ1v) is 8.09. The third-order valence-electron chi connectivity index (χ3n) is 4.57. The van der Waals surface area contributed by atoms with Gasteiger partial charge in [-0.25, -0.2) is 0 Å². The molecule has 2 N–H and O–H groups in total. The van der Waals surface area contributed by atoms with Gasteiger partial charge in [0.1, 0.15) is 6.54 Å². The molecule has 2 aromatic rings. The molecule has 0 amide bonds. The monoisotopic (exact) mass is 305 g/mol. The second kappa shape index (κ2) is 5.82. The number of fused-ring (bicyclic) bond motifs is 1. The third-order valence-corrected chi connectivity index (χ3v) is 4.79. The summed E-state index contributed by atoms with van der Waals surface area (Å²) in [6, 6.07) is 3.69. The zero-order valence-electron chi connectivity index (χ0n) is 12.7. The first-order valence-electron chi connectivity index (χ1n) is 7.71. The van der Waals surface area contributed by atoms with Crippen LogP contribution in [0.5, 0.6) is 0 Å². The molecule has 1 fully saturated rings. The lowest BCUT2D eigenvalue weighted by molar-refractivity contribution is -0.918. The fourth-order valence-electron chi connectivity index (χ4n) is 3.38. The van der Waals surface area contributed by atoms with Crippen LogP contribution in [0, 0.1) is 13.8 Å². The van der Waals surface area contributed by atoms with E-state index in [0.29, 0.717) is 5.02 Å². The molecule has 0 bridgehead atoms. The Morgan fingerprint density at radius 3 is 2.62 bits per heavy atom. The number of hydrogen-bond acceptors (Lipinski definition) is 1. The molecule has 3 nitrogen and oxygen atoms in total. The van der Waals surface area contributed by atoms with E-state index in [-0.39, 0.29) is 5.43 Å². The van der Waals surface area contributed by atoms with Crippen molar-refractivity contribution < 1.29 is 4.90 Å². The van der Waals surface area contributed by atoms with E-state index in [2.05, 4.69) is 4.98 Å². The predicted molar refractivity (Wildman–Crippen MR) is 87.3 cm³/mol. The Morgan fingerprint density at radius 2 is 1.90 bits per heavy atom. The number of aromatic nitrogens is 1. The first kappa shape index (κ1) is 14.6. The van der Waals surface area contributed by atoms with Crippen molar-refractivity contribution in [3.63, 3.8) is 0 Å². The van der Waals surface area contributed by atoms with Crippen LogP contribution < -0.4 is 10.3 Å². The highest BCUT2D eigenvalue weighted by molar-refractivity contribution is 6.31. The van der Waals surface area contributed by atoms with Crippen molar-refractivity contribution in [2.24, 2.45) is 0 Å².